The molecular weight excluding hydrogens is 450 g/mol. The molecule has 1 amide bonds. The molecule has 0 bridgehead atoms. The number of piperazine rings is 1. The first-order chi connectivity index (χ1) is 17.6. The Morgan fingerprint density at radius 1 is 0.944 bits per heavy atom. The van der Waals surface area contributed by atoms with E-state index < -0.39 is 6.10 Å². The van der Waals surface area contributed by atoms with Crippen molar-refractivity contribution in [2.75, 3.05) is 38.2 Å². The van der Waals surface area contributed by atoms with Crippen molar-refractivity contribution in [2.45, 2.75) is 50.9 Å². The Bertz CT molecular complexity index is 1250. The van der Waals surface area contributed by atoms with E-state index in [4.69, 9.17) is 4.74 Å². The van der Waals surface area contributed by atoms with Crippen LogP contribution in [0.2, 0.25) is 0 Å². The highest BCUT2D eigenvalue weighted by Gasteiger charge is 2.38. The van der Waals surface area contributed by atoms with Crippen molar-refractivity contribution in [2.24, 2.45) is 0 Å². The van der Waals surface area contributed by atoms with Crippen molar-refractivity contribution >= 4 is 22.4 Å². The van der Waals surface area contributed by atoms with Gasteiger partial charge >= 0.3 is 0 Å². The number of carbonyl (C=O) groups excluding carboxylic acids is 1. The quantitative estimate of drug-likeness (QED) is 0.580. The molecule has 2 aliphatic heterocycles. The van der Waals surface area contributed by atoms with E-state index in [9.17, 15) is 9.90 Å². The zero-order valence-electron chi connectivity index (χ0n) is 21.0. The second kappa shape index (κ2) is 9.75. The molecule has 1 saturated carbocycles. The average molecular weight is 486 g/mol. The molecule has 6 rings (SSSR count). The van der Waals surface area contributed by atoms with Gasteiger partial charge in [0, 0.05) is 50.5 Å². The molecule has 1 N–H and O–H groups in total. The van der Waals surface area contributed by atoms with Gasteiger partial charge in [-0.1, -0.05) is 37.1 Å². The second-order valence-electron chi connectivity index (χ2n) is 10.4. The highest BCUT2D eigenvalue weighted by molar-refractivity contribution is 6.05. The van der Waals surface area contributed by atoms with Gasteiger partial charge in [0.2, 0.25) is 0 Å². The van der Waals surface area contributed by atoms with E-state index >= 15 is 0 Å². The van der Waals surface area contributed by atoms with Crippen LogP contribution in [-0.2, 0) is 13.1 Å². The number of methoxy groups -OCH3 is 1. The lowest BCUT2D eigenvalue weighted by Crippen LogP contribution is -2.46. The fraction of sp³-hybridized carbons (Fsp3) is 0.433. The van der Waals surface area contributed by atoms with Crippen LogP contribution in [0.15, 0.2) is 54.6 Å². The summed E-state index contributed by atoms with van der Waals surface area (Å²) in [5.74, 6) is 0.972. The fourth-order valence-electron chi connectivity index (χ4n) is 6.32. The lowest BCUT2D eigenvalue weighted by atomic mass is 9.91. The number of aliphatic hydroxyl groups excluding tert-OH is 1. The minimum absolute atomic E-state index is 0.0631. The summed E-state index contributed by atoms with van der Waals surface area (Å²) in [6.45, 7) is 5.35. The smallest absolute Gasteiger partial charge is 0.254 e. The number of rotatable bonds is 5. The van der Waals surface area contributed by atoms with Crippen LogP contribution < -0.4 is 9.64 Å². The summed E-state index contributed by atoms with van der Waals surface area (Å²) in [5.41, 5.74) is 4.41. The van der Waals surface area contributed by atoms with Crippen LogP contribution in [0.1, 0.15) is 47.2 Å². The highest BCUT2D eigenvalue weighted by Crippen LogP contribution is 2.37. The number of ether oxygens (including phenoxy) is 1. The predicted octanol–water partition coefficient (Wildman–Crippen LogP) is 4.43. The number of anilines is 1. The zero-order valence-corrected chi connectivity index (χ0v) is 21.0. The van der Waals surface area contributed by atoms with Gasteiger partial charge in [-0.25, -0.2) is 0 Å². The molecule has 0 spiro atoms. The summed E-state index contributed by atoms with van der Waals surface area (Å²) >= 11 is 0. The van der Waals surface area contributed by atoms with E-state index in [0.717, 1.165) is 75.3 Å². The molecule has 2 atom stereocenters. The molecule has 2 fully saturated rings. The van der Waals surface area contributed by atoms with E-state index in [-0.39, 0.29) is 11.9 Å². The number of carbonyl (C=O) groups is 1. The molecule has 36 heavy (non-hydrogen) atoms. The van der Waals surface area contributed by atoms with Gasteiger partial charge in [0.05, 0.1) is 19.3 Å². The Hall–Kier alpha value is -3.09. The van der Waals surface area contributed by atoms with Crippen LogP contribution in [0.3, 0.4) is 0 Å². The molecule has 3 aromatic carbocycles. The van der Waals surface area contributed by atoms with Crippen molar-refractivity contribution < 1.29 is 14.6 Å². The maximum absolute atomic E-state index is 13.6. The topological polar surface area (TPSA) is 56.3 Å². The average Bonchev–Trinajstić information content (AvgIpc) is 3.25. The van der Waals surface area contributed by atoms with Gasteiger partial charge in [-0.2, -0.15) is 0 Å². The normalized spacial score (nSPS) is 22.8. The first-order valence-corrected chi connectivity index (χ1v) is 13.3. The molecule has 0 aromatic heterocycles. The number of amides is 1. The highest BCUT2D eigenvalue weighted by atomic mass is 16.5. The molecule has 1 saturated heterocycles. The van der Waals surface area contributed by atoms with Crippen molar-refractivity contribution in [3.8, 4) is 5.75 Å². The maximum Gasteiger partial charge on any atom is 0.254 e. The maximum atomic E-state index is 13.6. The summed E-state index contributed by atoms with van der Waals surface area (Å²) in [5, 5.41) is 13.1. The fourth-order valence-corrected chi connectivity index (χ4v) is 6.32. The van der Waals surface area contributed by atoms with Crippen molar-refractivity contribution in [1.29, 1.82) is 0 Å². The van der Waals surface area contributed by atoms with Gasteiger partial charge in [0.25, 0.3) is 5.91 Å². The van der Waals surface area contributed by atoms with E-state index in [1.165, 1.54) is 22.0 Å². The van der Waals surface area contributed by atoms with Crippen LogP contribution in [0, 0.1) is 0 Å². The number of nitrogens with zero attached hydrogens (tertiary/aromatic N) is 3. The standard InChI is InChI=1S/C30H35N3O3/c1-36-23-12-10-22(11-13-23)32-16-14-31(15-17-32)19-21-18-26-27(25-7-3-2-6-24(21)25)20-33(30(26)35)28-8-4-5-9-29(28)34/h2-3,6-7,10-13,18,28-29,34H,4-5,8-9,14-17,19-20H2,1H3/t28-,29-/m0/s1. The Morgan fingerprint density at radius 3 is 2.39 bits per heavy atom. The summed E-state index contributed by atoms with van der Waals surface area (Å²) < 4.78 is 5.29. The van der Waals surface area contributed by atoms with Crippen LogP contribution in [0.5, 0.6) is 5.75 Å². The Kier molecular flexibility index (Phi) is 6.32. The van der Waals surface area contributed by atoms with Gasteiger partial charge < -0.3 is 19.6 Å². The van der Waals surface area contributed by atoms with E-state index in [0.29, 0.717) is 6.54 Å². The van der Waals surface area contributed by atoms with Gasteiger partial charge in [-0.05, 0) is 65.1 Å². The zero-order chi connectivity index (χ0) is 24.6. The molecular formula is C30H35N3O3. The van der Waals surface area contributed by atoms with Crippen molar-refractivity contribution in [3.05, 3.63) is 71.3 Å². The van der Waals surface area contributed by atoms with E-state index in [2.05, 4.69) is 52.3 Å². The molecule has 0 unspecified atom stereocenters. The first kappa shape index (κ1) is 23.3. The van der Waals surface area contributed by atoms with Crippen LogP contribution >= 0.6 is 0 Å². The third-order valence-corrected chi connectivity index (χ3v) is 8.36. The summed E-state index contributed by atoms with van der Waals surface area (Å²) in [7, 11) is 1.70. The number of hydrogen-bond donors (Lipinski definition) is 1. The summed E-state index contributed by atoms with van der Waals surface area (Å²) in [6.07, 6.45) is 3.40. The minimum atomic E-state index is -0.412. The van der Waals surface area contributed by atoms with Crippen LogP contribution in [0.4, 0.5) is 5.69 Å². The number of aliphatic hydroxyl groups is 1. The molecule has 188 valence electrons. The van der Waals surface area contributed by atoms with Crippen LogP contribution in [0.25, 0.3) is 10.8 Å². The summed E-state index contributed by atoms with van der Waals surface area (Å²) in [4.78, 5) is 20.4. The first-order valence-electron chi connectivity index (χ1n) is 13.3. The Morgan fingerprint density at radius 2 is 1.67 bits per heavy atom. The molecule has 6 nitrogen and oxygen atoms in total. The minimum Gasteiger partial charge on any atom is -0.497 e. The SMILES string of the molecule is COc1ccc(N2CCN(Cc3cc4c(c5ccccc35)CN([C@H]3CCCC[C@@H]3O)C4=O)CC2)cc1. The van der Waals surface area contributed by atoms with Crippen molar-refractivity contribution in [3.63, 3.8) is 0 Å². The number of fused-ring (bicyclic) bond motifs is 3. The third kappa shape index (κ3) is 4.22. The second-order valence-corrected chi connectivity index (χ2v) is 10.4. The number of benzene rings is 3. The van der Waals surface area contributed by atoms with E-state index in [1.54, 1.807) is 7.11 Å². The van der Waals surface area contributed by atoms with Crippen molar-refractivity contribution in [1.82, 2.24) is 9.80 Å². The molecule has 1 aliphatic carbocycles. The largest absolute Gasteiger partial charge is 0.497 e. The predicted molar refractivity (Wildman–Crippen MR) is 143 cm³/mol. The molecule has 6 heteroatoms. The van der Waals surface area contributed by atoms with Crippen LogP contribution in [-0.4, -0.2) is 66.2 Å². The monoisotopic (exact) mass is 485 g/mol. The molecule has 0 radical (unpaired) electrons. The Labute approximate surface area is 213 Å². The van der Waals surface area contributed by atoms with Gasteiger partial charge in [-0.3, -0.25) is 9.69 Å². The lowest BCUT2D eigenvalue weighted by molar-refractivity contribution is 0.0192. The molecule has 3 aliphatic rings. The van der Waals surface area contributed by atoms with Gasteiger partial charge in [0.15, 0.2) is 0 Å². The Balaban J connectivity index is 1.21. The van der Waals surface area contributed by atoms with E-state index in [1.807, 2.05) is 17.0 Å². The third-order valence-electron chi connectivity index (χ3n) is 8.36. The molecule has 3 aromatic rings. The summed E-state index contributed by atoms with van der Waals surface area (Å²) in [6, 6.07) is 18.9. The number of hydrogen-bond acceptors (Lipinski definition) is 5. The lowest BCUT2D eigenvalue weighted by Gasteiger charge is -2.36. The molecule has 2 heterocycles. The van der Waals surface area contributed by atoms with Gasteiger partial charge in [-0.15, -0.1) is 0 Å². The van der Waals surface area contributed by atoms with Gasteiger partial charge in [0.1, 0.15) is 5.75 Å².